The minimum absolute atomic E-state index is 0.0578. The largest absolute Gasteiger partial charge is 0.334 e. The second-order valence-corrected chi connectivity index (χ2v) is 7.26. The molecule has 132 valence electrons. The van der Waals surface area contributed by atoms with Crippen molar-refractivity contribution in [2.75, 3.05) is 23.6 Å². The van der Waals surface area contributed by atoms with Crippen molar-refractivity contribution in [3.8, 4) is 0 Å². The fourth-order valence-corrected chi connectivity index (χ4v) is 4.08. The van der Waals surface area contributed by atoms with Gasteiger partial charge in [-0.2, -0.15) is 0 Å². The minimum Gasteiger partial charge on any atom is -0.334 e. The van der Waals surface area contributed by atoms with Crippen LogP contribution in [0.3, 0.4) is 0 Å². The molecule has 2 aliphatic rings. The average molecular weight is 366 g/mol. The molecule has 2 heterocycles. The highest BCUT2D eigenvalue weighted by Crippen LogP contribution is 2.32. The van der Waals surface area contributed by atoms with Crippen LogP contribution in [0.4, 0.5) is 11.4 Å². The van der Waals surface area contributed by atoms with E-state index in [1.54, 1.807) is 4.90 Å². The SMILES string of the molecule is O=C(C[C@@H]1SC2=NCN(c3ccccc3)CN2C1=O)Nc1ccccc1. The van der Waals surface area contributed by atoms with Gasteiger partial charge >= 0.3 is 0 Å². The van der Waals surface area contributed by atoms with Crippen LogP contribution < -0.4 is 10.2 Å². The summed E-state index contributed by atoms with van der Waals surface area (Å²) in [6, 6.07) is 19.1. The van der Waals surface area contributed by atoms with Gasteiger partial charge in [0.05, 0.1) is 0 Å². The normalized spacial score (nSPS) is 19.2. The summed E-state index contributed by atoms with van der Waals surface area (Å²) in [4.78, 5) is 33.2. The van der Waals surface area contributed by atoms with Gasteiger partial charge in [-0.15, -0.1) is 0 Å². The van der Waals surface area contributed by atoms with Gasteiger partial charge in [-0.1, -0.05) is 48.2 Å². The minimum atomic E-state index is -0.423. The van der Waals surface area contributed by atoms with Crippen LogP contribution in [-0.4, -0.2) is 40.5 Å². The third-order valence-corrected chi connectivity index (χ3v) is 5.47. The summed E-state index contributed by atoms with van der Waals surface area (Å²) in [5.41, 5.74) is 1.76. The number of amides is 2. The lowest BCUT2D eigenvalue weighted by molar-refractivity contribution is -0.128. The lowest BCUT2D eigenvalue weighted by Gasteiger charge is -2.32. The van der Waals surface area contributed by atoms with Crippen LogP contribution in [0.15, 0.2) is 65.7 Å². The van der Waals surface area contributed by atoms with Gasteiger partial charge in [-0.25, -0.2) is 4.99 Å². The molecule has 0 saturated carbocycles. The Hall–Kier alpha value is -2.80. The van der Waals surface area contributed by atoms with Gasteiger partial charge in [-0.05, 0) is 24.3 Å². The number of hydrogen-bond acceptors (Lipinski definition) is 5. The molecule has 0 aromatic heterocycles. The molecule has 0 spiro atoms. The molecule has 1 saturated heterocycles. The Balaban J connectivity index is 1.40. The Morgan fingerprint density at radius 3 is 2.54 bits per heavy atom. The summed E-state index contributed by atoms with van der Waals surface area (Å²) in [7, 11) is 0. The number of nitrogens with zero attached hydrogens (tertiary/aromatic N) is 3. The van der Waals surface area contributed by atoms with Crippen molar-refractivity contribution < 1.29 is 9.59 Å². The Labute approximate surface area is 155 Å². The van der Waals surface area contributed by atoms with Gasteiger partial charge in [-0.3, -0.25) is 14.5 Å². The summed E-state index contributed by atoms with van der Waals surface area (Å²) in [6.07, 6.45) is 0.138. The van der Waals surface area contributed by atoms with E-state index in [1.165, 1.54) is 11.8 Å². The van der Waals surface area contributed by atoms with Crippen molar-refractivity contribution >= 4 is 40.1 Å². The number of aliphatic imine (C=N–C) groups is 1. The molecule has 1 fully saturated rings. The molecule has 2 aliphatic heterocycles. The van der Waals surface area contributed by atoms with E-state index < -0.39 is 5.25 Å². The average Bonchev–Trinajstić information content (AvgIpc) is 2.98. The molecule has 0 unspecified atom stereocenters. The quantitative estimate of drug-likeness (QED) is 0.904. The maximum Gasteiger partial charge on any atom is 0.244 e. The number of thioether (sulfide) groups is 1. The van der Waals surface area contributed by atoms with Crippen molar-refractivity contribution in [2.24, 2.45) is 4.99 Å². The molecule has 2 amide bonds. The van der Waals surface area contributed by atoms with Gasteiger partial charge in [0.1, 0.15) is 18.6 Å². The van der Waals surface area contributed by atoms with E-state index in [1.807, 2.05) is 65.6 Å². The molecular weight excluding hydrogens is 348 g/mol. The second-order valence-electron chi connectivity index (χ2n) is 6.09. The van der Waals surface area contributed by atoms with Crippen LogP contribution in [0.2, 0.25) is 0 Å². The number of benzene rings is 2. The zero-order chi connectivity index (χ0) is 17.9. The summed E-state index contributed by atoms with van der Waals surface area (Å²) in [5, 5.41) is 3.12. The van der Waals surface area contributed by atoms with E-state index in [0.717, 1.165) is 11.4 Å². The monoisotopic (exact) mass is 366 g/mol. The van der Waals surface area contributed by atoms with E-state index in [-0.39, 0.29) is 18.2 Å². The first-order valence-electron chi connectivity index (χ1n) is 8.38. The first kappa shape index (κ1) is 16.7. The topological polar surface area (TPSA) is 65.0 Å². The predicted molar refractivity (Wildman–Crippen MR) is 104 cm³/mol. The Kier molecular flexibility index (Phi) is 4.62. The smallest absolute Gasteiger partial charge is 0.244 e. The summed E-state index contributed by atoms with van der Waals surface area (Å²) in [6.45, 7) is 0.977. The van der Waals surface area contributed by atoms with Crippen molar-refractivity contribution in [1.29, 1.82) is 0 Å². The first-order valence-corrected chi connectivity index (χ1v) is 9.26. The molecule has 26 heavy (non-hydrogen) atoms. The van der Waals surface area contributed by atoms with Crippen LogP contribution in [0.5, 0.6) is 0 Å². The number of carbonyl (C=O) groups excluding carboxylic acids is 2. The van der Waals surface area contributed by atoms with Gasteiger partial charge in [0.25, 0.3) is 0 Å². The van der Waals surface area contributed by atoms with E-state index in [2.05, 4.69) is 10.3 Å². The van der Waals surface area contributed by atoms with Gasteiger partial charge in [0.2, 0.25) is 11.8 Å². The number of carbonyl (C=O) groups is 2. The molecular formula is C19H18N4O2S. The molecule has 2 aromatic carbocycles. The fourth-order valence-electron chi connectivity index (χ4n) is 2.96. The van der Waals surface area contributed by atoms with E-state index in [9.17, 15) is 9.59 Å². The predicted octanol–water partition coefficient (Wildman–Crippen LogP) is 2.75. The van der Waals surface area contributed by atoms with Crippen LogP contribution in [0.1, 0.15) is 6.42 Å². The van der Waals surface area contributed by atoms with Crippen molar-refractivity contribution in [3.05, 3.63) is 60.7 Å². The second kappa shape index (κ2) is 7.21. The molecule has 0 radical (unpaired) electrons. The standard InChI is InChI=1S/C19H18N4O2S/c24-17(21-14-7-3-1-4-8-14)11-16-18(25)23-13-22(12-20-19(23)26-16)15-9-5-2-6-10-15/h1-10,16H,11-13H2,(H,21,24)/t16-/m0/s1. The Morgan fingerprint density at radius 1 is 1.12 bits per heavy atom. The lowest BCUT2D eigenvalue weighted by atomic mass is 10.2. The maximum atomic E-state index is 12.7. The number of amidine groups is 1. The molecule has 4 rings (SSSR count). The first-order chi connectivity index (χ1) is 12.7. The number of nitrogens with one attached hydrogen (secondary N) is 1. The number of para-hydroxylation sites is 2. The zero-order valence-electron chi connectivity index (χ0n) is 14.0. The summed E-state index contributed by atoms with van der Waals surface area (Å²) < 4.78 is 0. The van der Waals surface area contributed by atoms with Crippen molar-refractivity contribution in [2.45, 2.75) is 11.7 Å². The van der Waals surface area contributed by atoms with E-state index in [4.69, 9.17) is 0 Å². The lowest BCUT2D eigenvalue weighted by Crippen LogP contribution is -2.46. The molecule has 0 bridgehead atoms. The van der Waals surface area contributed by atoms with Gasteiger partial charge < -0.3 is 10.2 Å². The molecule has 0 aliphatic carbocycles. The molecule has 7 heteroatoms. The third-order valence-electron chi connectivity index (χ3n) is 4.26. The third kappa shape index (κ3) is 3.43. The van der Waals surface area contributed by atoms with E-state index in [0.29, 0.717) is 18.5 Å². The van der Waals surface area contributed by atoms with E-state index >= 15 is 0 Å². The van der Waals surface area contributed by atoms with Gasteiger partial charge in [0, 0.05) is 17.8 Å². The summed E-state index contributed by atoms with van der Waals surface area (Å²) >= 11 is 1.38. The van der Waals surface area contributed by atoms with Crippen LogP contribution in [0.25, 0.3) is 0 Å². The van der Waals surface area contributed by atoms with Crippen molar-refractivity contribution in [3.63, 3.8) is 0 Å². The molecule has 2 aromatic rings. The fraction of sp³-hybridized carbons (Fsp3) is 0.211. The highest BCUT2D eigenvalue weighted by Gasteiger charge is 2.41. The Bertz CT molecular complexity index is 841. The maximum absolute atomic E-state index is 12.7. The number of hydrogen-bond donors (Lipinski definition) is 1. The van der Waals surface area contributed by atoms with Crippen LogP contribution >= 0.6 is 11.8 Å². The highest BCUT2D eigenvalue weighted by molar-refractivity contribution is 8.15. The van der Waals surface area contributed by atoms with Crippen LogP contribution in [-0.2, 0) is 9.59 Å². The Morgan fingerprint density at radius 2 is 1.81 bits per heavy atom. The van der Waals surface area contributed by atoms with Gasteiger partial charge in [0.15, 0.2) is 5.17 Å². The summed E-state index contributed by atoms with van der Waals surface area (Å²) in [5.74, 6) is -0.222. The zero-order valence-corrected chi connectivity index (χ0v) is 14.9. The van der Waals surface area contributed by atoms with Crippen molar-refractivity contribution in [1.82, 2.24) is 4.90 Å². The number of fused-ring (bicyclic) bond motifs is 1. The molecule has 1 atom stereocenters. The van der Waals surface area contributed by atoms with Crippen LogP contribution in [0, 0.1) is 0 Å². The number of anilines is 2. The molecule has 1 N–H and O–H groups in total. The highest BCUT2D eigenvalue weighted by atomic mass is 32.2. The number of rotatable bonds is 4. The molecule has 6 nitrogen and oxygen atoms in total.